The number of alkyl halides is 1. The van der Waals surface area contributed by atoms with Crippen molar-refractivity contribution in [3.8, 4) is 0 Å². The van der Waals surface area contributed by atoms with Crippen molar-refractivity contribution in [1.82, 2.24) is 0 Å². The molecule has 0 heterocycles. The van der Waals surface area contributed by atoms with Gasteiger partial charge in [0.25, 0.3) is 0 Å². The van der Waals surface area contributed by atoms with E-state index in [0.29, 0.717) is 5.56 Å². The fourth-order valence-corrected chi connectivity index (χ4v) is 1.15. The van der Waals surface area contributed by atoms with E-state index in [-0.39, 0.29) is 23.4 Å². The molecular formula is C10H10ClFO. The average Bonchev–Trinajstić information content (AvgIpc) is 2.04. The molecule has 3 heteroatoms. The van der Waals surface area contributed by atoms with Crippen molar-refractivity contribution < 1.29 is 9.18 Å². The minimum atomic E-state index is -0.338. The van der Waals surface area contributed by atoms with Crippen LogP contribution in [0.3, 0.4) is 0 Å². The number of ketones is 1. The Kier molecular flexibility index (Phi) is 3.43. The fourth-order valence-electron chi connectivity index (χ4n) is 1.01. The van der Waals surface area contributed by atoms with Crippen molar-refractivity contribution in [2.75, 3.05) is 0 Å². The summed E-state index contributed by atoms with van der Waals surface area (Å²) < 4.78 is 12.5. The van der Waals surface area contributed by atoms with Crippen molar-refractivity contribution in [2.45, 2.75) is 18.7 Å². The van der Waals surface area contributed by atoms with Gasteiger partial charge in [0.1, 0.15) is 5.82 Å². The van der Waals surface area contributed by atoms with Gasteiger partial charge in [0.2, 0.25) is 0 Å². The van der Waals surface area contributed by atoms with Gasteiger partial charge in [-0.05, 0) is 31.2 Å². The van der Waals surface area contributed by atoms with Crippen LogP contribution in [0.4, 0.5) is 4.39 Å². The zero-order chi connectivity index (χ0) is 9.84. The summed E-state index contributed by atoms with van der Waals surface area (Å²) in [6.45, 7) is 1.75. The summed E-state index contributed by atoms with van der Waals surface area (Å²) in [5, 5.41) is -0.183. The first-order chi connectivity index (χ1) is 6.09. The third-order valence-corrected chi connectivity index (χ3v) is 1.79. The molecule has 0 N–H and O–H groups in total. The highest BCUT2D eigenvalue weighted by atomic mass is 35.5. The molecule has 0 fully saturated rings. The molecule has 0 spiro atoms. The molecule has 70 valence electrons. The summed E-state index contributed by atoms with van der Waals surface area (Å²) in [4.78, 5) is 11.4. The van der Waals surface area contributed by atoms with Gasteiger partial charge in [-0.15, -0.1) is 11.6 Å². The molecule has 0 amide bonds. The van der Waals surface area contributed by atoms with Crippen molar-refractivity contribution in [3.63, 3.8) is 0 Å². The quantitative estimate of drug-likeness (QED) is 0.542. The van der Waals surface area contributed by atoms with Crippen LogP contribution in [0.2, 0.25) is 0 Å². The predicted molar refractivity (Wildman–Crippen MR) is 50.7 cm³/mol. The summed E-state index contributed by atoms with van der Waals surface area (Å²) in [5.74, 6) is -0.391. The smallest absolute Gasteiger partial charge is 0.164 e. The topological polar surface area (TPSA) is 17.1 Å². The van der Waals surface area contributed by atoms with Gasteiger partial charge in [-0.2, -0.15) is 0 Å². The standard InChI is InChI=1S/C10H10ClFO/c1-7(11)6-10(13)8-2-4-9(12)5-3-8/h2-5,7H,6H2,1H3. The molecule has 1 unspecified atom stereocenters. The van der Waals surface area contributed by atoms with Crippen LogP contribution in [0, 0.1) is 5.82 Å². The number of benzene rings is 1. The summed E-state index contributed by atoms with van der Waals surface area (Å²) in [7, 11) is 0. The minimum absolute atomic E-state index is 0.0532. The summed E-state index contributed by atoms with van der Waals surface area (Å²) in [6, 6.07) is 5.48. The Morgan fingerprint density at radius 3 is 2.46 bits per heavy atom. The first kappa shape index (κ1) is 10.2. The lowest BCUT2D eigenvalue weighted by Gasteiger charge is -2.01. The lowest BCUT2D eigenvalue weighted by Crippen LogP contribution is -2.05. The average molecular weight is 201 g/mol. The number of rotatable bonds is 3. The van der Waals surface area contributed by atoms with E-state index in [1.54, 1.807) is 6.92 Å². The lowest BCUT2D eigenvalue weighted by atomic mass is 10.1. The number of Topliss-reactive ketones (excluding diaryl/α,β-unsaturated/α-hetero) is 1. The van der Waals surface area contributed by atoms with E-state index >= 15 is 0 Å². The number of carbonyl (C=O) groups excluding carboxylic acids is 1. The normalized spacial score (nSPS) is 12.5. The van der Waals surface area contributed by atoms with Crippen LogP contribution in [-0.2, 0) is 0 Å². The van der Waals surface area contributed by atoms with Crippen molar-refractivity contribution >= 4 is 17.4 Å². The second kappa shape index (κ2) is 4.38. The van der Waals surface area contributed by atoms with Gasteiger partial charge in [0.05, 0.1) is 0 Å². The third-order valence-electron chi connectivity index (χ3n) is 1.63. The Morgan fingerprint density at radius 2 is 2.00 bits per heavy atom. The summed E-state index contributed by atoms with van der Waals surface area (Å²) in [6.07, 6.45) is 0.285. The maximum Gasteiger partial charge on any atom is 0.164 e. The van der Waals surface area contributed by atoms with E-state index in [2.05, 4.69) is 0 Å². The van der Waals surface area contributed by atoms with Crippen LogP contribution in [0.15, 0.2) is 24.3 Å². The maximum absolute atomic E-state index is 12.5. The lowest BCUT2D eigenvalue weighted by molar-refractivity contribution is 0.0983. The van der Waals surface area contributed by atoms with Crippen LogP contribution in [-0.4, -0.2) is 11.2 Å². The largest absolute Gasteiger partial charge is 0.294 e. The Hall–Kier alpha value is -0.890. The molecule has 1 nitrogen and oxygen atoms in total. The van der Waals surface area contributed by atoms with E-state index in [1.165, 1.54) is 24.3 Å². The second-order valence-electron chi connectivity index (χ2n) is 2.91. The van der Waals surface area contributed by atoms with Gasteiger partial charge in [-0.3, -0.25) is 4.79 Å². The second-order valence-corrected chi connectivity index (χ2v) is 3.66. The van der Waals surface area contributed by atoms with Crippen LogP contribution in [0.25, 0.3) is 0 Å². The number of carbonyl (C=O) groups is 1. The SMILES string of the molecule is CC(Cl)CC(=O)c1ccc(F)cc1. The van der Waals surface area contributed by atoms with E-state index in [0.717, 1.165) is 0 Å². The number of halogens is 2. The number of hydrogen-bond donors (Lipinski definition) is 0. The molecular weight excluding hydrogens is 191 g/mol. The van der Waals surface area contributed by atoms with Crippen LogP contribution in [0.5, 0.6) is 0 Å². The molecule has 0 saturated heterocycles. The van der Waals surface area contributed by atoms with E-state index in [9.17, 15) is 9.18 Å². The highest BCUT2D eigenvalue weighted by Gasteiger charge is 2.08. The zero-order valence-electron chi connectivity index (χ0n) is 7.26. The van der Waals surface area contributed by atoms with Gasteiger partial charge >= 0.3 is 0 Å². The first-order valence-corrected chi connectivity index (χ1v) is 4.46. The van der Waals surface area contributed by atoms with Gasteiger partial charge < -0.3 is 0 Å². The molecule has 13 heavy (non-hydrogen) atoms. The van der Waals surface area contributed by atoms with E-state index in [4.69, 9.17) is 11.6 Å². The summed E-state index contributed by atoms with van der Waals surface area (Å²) >= 11 is 5.66. The third kappa shape index (κ3) is 3.15. The molecule has 1 aromatic carbocycles. The van der Waals surface area contributed by atoms with E-state index in [1.807, 2.05) is 0 Å². The Morgan fingerprint density at radius 1 is 1.46 bits per heavy atom. The minimum Gasteiger partial charge on any atom is -0.294 e. The van der Waals surface area contributed by atoms with Crippen LogP contribution >= 0.6 is 11.6 Å². The van der Waals surface area contributed by atoms with Gasteiger partial charge in [0.15, 0.2) is 5.78 Å². The monoisotopic (exact) mass is 200 g/mol. The Balaban J connectivity index is 2.72. The fraction of sp³-hybridized carbons (Fsp3) is 0.300. The molecule has 0 aromatic heterocycles. The van der Waals surface area contributed by atoms with Crippen LogP contribution < -0.4 is 0 Å². The Bertz CT molecular complexity index is 292. The predicted octanol–water partition coefficient (Wildman–Crippen LogP) is 3.03. The molecule has 0 saturated carbocycles. The van der Waals surface area contributed by atoms with Crippen molar-refractivity contribution in [2.24, 2.45) is 0 Å². The highest BCUT2D eigenvalue weighted by molar-refractivity contribution is 6.22. The Labute approximate surface area is 81.5 Å². The molecule has 0 aliphatic heterocycles. The van der Waals surface area contributed by atoms with E-state index < -0.39 is 0 Å². The molecule has 1 rings (SSSR count). The molecule has 1 aromatic rings. The molecule has 0 aliphatic rings. The van der Waals surface area contributed by atoms with Crippen LogP contribution in [0.1, 0.15) is 23.7 Å². The number of hydrogen-bond acceptors (Lipinski definition) is 1. The molecule has 0 aliphatic carbocycles. The van der Waals surface area contributed by atoms with Gasteiger partial charge in [0, 0.05) is 17.4 Å². The summed E-state index contributed by atoms with van der Waals surface area (Å²) in [5.41, 5.74) is 0.508. The van der Waals surface area contributed by atoms with Gasteiger partial charge in [-0.1, -0.05) is 0 Å². The maximum atomic E-state index is 12.5. The zero-order valence-corrected chi connectivity index (χ0v) is 8.01. The first-order valence-electron chi connectivity index (χ1n) is 4.02. The van der Waals surface area contributed by atoms with Crippen molar-refractivity contribution in [3.05, 3.63) is 35.6 Å². The highest BCUT2D eigenvalue weighted by Crippen LogP contribution is 2.09. The van der Waals surface area contributed by atoms with Crippen molar-refractivity contribution in [1.29, 1.82) is 0 Å². The molecule has 0 radical (unpaired) electrons. The molecule has 0 bridgehead atoms. The van der Waals surface area contributed by atoms with Gasteiger partial charge in [-0.25, -0.2) is 4.39 Å². The molecule has 1 atom stereocenters.